The summed E-state index contributed by atoms with van der Waals surface area (Å²) >= 11 is 5.32. The summed E-state index contributed by atoms with van der Waals surface area (Å²) in [6, 6.07) is 29.5. The van der Waals surface area contributed by atoms with E-state index < -0.39 is 11.8 Å². The molecule has 2 amide bonds. The van der Waals surface area contributed by atoms with E-state index in [0.29, 0.717) is 34.2 Å². The van der Waals surface area contributed by atoms with Gasteiger partial charge in [-0.05, 0) is 83.5 Å². The van der Waals surface area contributed by atoms with Gasteiger partial charge in [0.1, 0.15) is 17.1 Å². The van der Waals surface area contributed by atoms with Crippen LogP contribution in [0.25, 0.3) is 17.2 Å². The van der Waals surface area contributed by atoms with E-state index in [1.54, 1.807) is 44.6 Å². The number of methoxy groups -OCH3 is 2. The first-order chi connectivity index (χ1) is 19.0. The van der Waals surface area contributed by atoms with E-state index in [9.17, 15) is 9.59 Å². The second kappa shape index (κ2) is 11.2. The van der Waals surface area contributed by atoms with Crippen molar-refractivity contribution in [2.24, 2.45) is 0 Å². The lowest BCUT2D eigenvalue weighted by Crippen LogP contribution is -2.54. The van der Waals surface area contributed by atoms with E-state index in [1.807, 2.05) is 72.8 Å². The van der Waals surface area contributed by atoms with Crippen LogP contribution in [0.1, 0.15) is 5.56 Å². The number of carbonyl (C=O) groups is 2. The summed E-state index contributed by atoms with van der Waals surface area (Å²) in [5.41, 5.74) is 3.07. The number of rotatable bonds is 7. The second-order valence-corrected chi connectivity index (χ2v) is 8.95. The molecule has 194 valence electrons. The van der Waals surface area contributed by atoms with Gasteiger partial charge in [-0.1, -0.05) is 48.5 Å². The first-order valence-electron chi connectivity index (χ1n) is 12.0. The summed E-state index contributed by atoms with van der Waals surface area (Å²) in [6.45, 7) is 0. The highest BCUT2D eigenvalue weighted by atomic mass is 32.1. The minimum absolute atomic E-state index is 0.0164. The zero-order valence-corrected chi connectivity index (χ0v) is 22.0. The summed E-state index contributed by atoms with van der Waals surface area (Å²) in [5.74, 6) is 1.52. The van der Waals surface area contributed by atoms with Gasteiger partial charge in [0.05, 0.1) is 19.9 Å². The molecule has 5 rings (SSSR count). The molecular formula is C31H24N2O5S. The normalized spacial score (nSPS) is 14.3. The molecule has 1 heterocycles. The highest BCUT2D eigenvalue weighted by Crippen LogP contribution is 2.33. The zero-order valence-electron chi connectivity index (χ0n) is 21.2. The van der Waals surface area contributed by atoms with Crippen LogP contribution in [0.5, 0.6) is 23.0 Å². The van der Waals surface area contributed by atoms with Crippen LogP contribution in [-0.2, 0) is 9.59 Å². The minimum atomic E-state index is -0.547. The zero-order chi connectivity index (χ0) is 27.4. The fourth-order valence-corrected chi connectivity index (χ4v) is 4.42. The largest absolute Gasteiger partial charge is 0.493 e. The van der Waals surface area contributed by atoms with Gasteiger partial charge in [-0.2, -0.15) is 0 Å². The van der Waals surface area contributed by atoms with Gasteiger partial charge < -0.3 is 14.2 Å². The Balaban J connectivity index is 1.36. The summed E-state index contributed by atoms with van der Waals surface area (Å²) < 4.78 is 16.5. The van der Waals surface area contributed by atoms with Crippen LogP contribution in [0.2, 0.25) is 0 Å². The Morgan fingerprint density at radius 2 is 1.38 bits per heavy atom. The van der Waals surface area contributed by atoms with Gasteiger partial charge >= 0.3 is 0 Å². The van der Waals surface area contributed by atoms with Crippen molar-refractivity contribution in [2.45, 2.75) is 0 Å². The molecule has 1 N–H and O–H groups in total. The third kappa shape index (κ3) is 5.51. The van der Waals surface area contributed by atoms with Gasteiger partial charge in [0.15, 0.2) is 16.6 Å². The molecule has 0 bridgehead atoms. The van der Waals surface area contributed by atoms with Crippen LogP contribution in [0, 0.1) is 0 Å². The van der Waals surface area contributed by atoms with Crippen molar-refractivity contribution in [3.8, 4) is 34.1 Å². The molecule has 1 saturated heterocycles. The first kappa shape index (κ1) is 25.7. The highest BCUT2D eigenvalue weighted by molar-refractivity contribution is 7.80. The first-order valence-corrected chi connectivity index (χ1v) is 12.4. The molecule has 1 aliphatic heterocycles. The maximum Gasteiger partial charge on any atom is 0.270 e. The van der Waals surface area contributed by atoms with Gasteiger partial charge in [0.25, 0.3) is 11.8 Å². The maximum absolute atomic E-state index is 13.4. The number of hydrogen-bond acceptors (Lipinski definition) is 6. The fourth-order valence-electron chi connectivity index (χ4n) is 4.13. The van der Waals surface area contributed by atoms with Crippen LogP contribution in [0.15, 0.2) is 103 Å². The molecule has 39 heavy (non-hydrogen) atoms. The number of amides is 2. The molecule has 7 nitrogen and oxygen atoms in total. The fraction of sp³-hybridized carbons (Fsp3) is 0.0645. The molecule has 8 heteroatoms. The van der Waals surface area contributed by atoms with Crippen LogP contribution >= 0.6 is 12.2 Å². The average molecular weight is 537 g/mol. The van der Waals surface area contributed by atoms with Crippen molar-refractivity contribution in [1.82, 2.24) is 5.32 Å². The predicted molar refractivity (Wildman–Crippen MR) is 154 cm³/mol. The number of ether oxygens (including phenoxy) is 3. The Morgan fingerprint density at radius 3 is 2.05 bits per heavy atom. The third-order valence-corrected chi connectivity index (χ3v) is 6.40. The van der Waals surface area contributed by atoms with E-state index in [-0.39, 0.29) is 10.7 Å². The molecule has 4 aromatic rings. The highest BCUT2D eigenvalue weighted by Gasteiger charge is 2.34. The number of para-hydroxylation sites is 1. The Morgan fingerprint density at radius 1 is 0.744 bits per heavy atom. The van der Waals surface area contributed by atoms with Gasteiger partial charge in [-0.15, -0.1) is 0 Å². The van der Waals surface area contributed by atoms with E-state index in [1.165, 1.54) is 4.90 Å². The predicted octanol–water partition coefficient (Wildman–Crippen LogP) is 5.99. The van der Waals surface area contributed by atoms with Crippen LogP contribution in [0.3, 0.4) is 0 Å². The van der Waals surface area contributed by atoms with E-state index in [2.05, 4.69) is 5.32 Å². The monoisotopic (exact) mass is 536 g/mol. The molecule has 0 saturated carbocycles. The number of nitrogens with one attached hydrogen (secondary N) is 1. The molecule has 0 aliphatic carbocycles. The quantitative estimate of drug-likeness (QED) is 0.178. The molecular weight excluding hydrogens is 512 g/mol. The smallest absolute Gasteiger partial charge is 0.270 e. The number of hydrogen-bond donors (Lipinski definition) is 1. The van der Waals surface area contributed by atoms with Crippen LogP contribution < -0.4 is 24.4 Å². The summed E-state index contributed by atoms with van der Waals surface area (Å²) in [5, 5.41) is 2.63. The van der Waals surface area contributed by atoms with Gasteiger partial charge in [0, 0.05) is 0 Å². The number of thiocarbonyl (C=S) groups is 1. The topological polar surface area (TPSA) is 77.1 Å². The van der Waals surface area contributed by atoms with Crippen molar-refractivity contribution < 1.29 is 23.8 Å². The Hall–Kier alpha value is -4.95. The van der Waals surface area contributed by atoms with Crippen molar-refractivity contribution in [2.75, 3.05) is 19.1 Å². The molecule has 0 atom stereocenters. The van der Waals surface area contributed by atoms with Gasteiger partial charge in [0.2, 0.25) is 0 Å². The lowest BCUT2D eigenvalue weighted by Gasteiger charge is -2.29. The molecule has 1 fully saturated rings. The molecule has 0 spiro atoms. The Kier molecular flexibility index (Phi) is 7.38. The summed E-state index contributed by atoms with van der Waals surface area (Å²) in [7, 11) is 3.18. The van der Waals surface area contributed by atoms with Crippen molar-refractivity contribution in [3.63, 3.8) is 0 Å². The molecule has 1 aliphatic rings. The van der Waals surface area contributed by atoms with E-state index >= 15 is 0 Å². The molecule has 0 unspecified atom stereocenters. The molecule has 4 aromatic carbocycles. The summed E-state index contributed by atoms with van der Waals surface area (Å²) in [4.78, 5) is 27.4. The summed E-state index contributed by atoms with van der Waals surface area (Å²) in [6.07, 6.45) is 1.55. The number of nitrogens with zero attached hydrogens (tertiary/aromatic N) is 1. The Bertz CT molecular complexity index is 1570. The maximum atomic E-state index is 13.4. The lowest BCUT2D eigenvalue weighted by molar-refractivity contribution is -0.122. The van der Waals surface area contributed by atoms with E-state index in [4.69, 9.17) is 26.4 Å². The van der Waals surface area contributed by atoms with Crippen LogP contribution in [-0.4, -0.2) is 31.1 Å². The van der Waals surface area contributed by atoms with Gasteiger partial charge in [-0.25, -0.2) is 0 Å². The van der Waals surface area contributed by atoms with Crippen molar-refractivity contribution in [3.05, 3.63) is 108 Å². The Labute approximate surface area is 231 Å². The number of benzene rings is 4. The number of anilines is 1. The van der Waals surface area contributed by atoms with Gasteiger partial charge in [-0.3, -0.25) is 19.8 Å². The lowest BCUT2D eigenvalue weighted by atomic mass is 10.0. The van der Waals surface area contributed by atoms with Crippen LogP contribution in [0.4, 0.5) is 5.69 Å². The molecule has 0 radical (unpaired) electrons. The average Bonchev–Trinajstić information content (AvgIpc) is 2.96. The van der Waals surface area contributed by atoms with E-state index in [0.717, 1.165) is 11.1 Å². The van der Waals surface area contributed by atoms with Crippen molar-refractivity contribution in [1.29, 1.82) is 0 Å². The second-order valence-electron chi connectivity index (χ2n) is 8.56. The minimum Gasteiger partial charge on any atom is -0.493 e. The van der Waals surface area contributed by atoms with Crippen molar-refractivity contribution >= 4 is 40.9 Å². The third-order valence-electron chi connectivity index (χ3n) is 6.11. The SMILES string of the molecule is COc1ccc(-c2ccc(C=C3C(=O)NC(=S)N(c4ccc(Oc5ccccc5)cc4)C3=O)cc2)cc1OC. The number of carbonyl (C=O) groups excluding carboxylic acids is 2. The standard InChI is InChI=1S/C31H24N2O5S/c1-36-27-17-12-22(19-28(27)37-2)21-10-8-20(9-11-21)18-26-29(34)32-31(39)33(30(26)35)23-13-15-25(16-14-23)38-24-6-4-3-5-7-24/h3-19H,1-2H3,(H,32,34,39). The molecule has 0 aromatic heterocycles.